The van der Waals surface area contributed by atoms with Crippen LogP contribution in [0, 0.1) is 10.8 Å². The van der Waals surface area contributed by atoms with E-state index in [0.717, 1.165) is 52.2 Å². The minimum Gasteiger partial charge on any atom is -0.478 e. The molecule has 0 saturated heterocycles. The number of carbonyl (C=O) groups is 1. The molecule has 0 aliphatic rings. The van der Waals surface area contributed by atoms with Gasteiger partial charge >= 0.3 is 5.97 Å². The van der Waals surface area contributed by atoms with Crippen LogP contribution in [-0.4, -0.2) is 22.0 Å². The van der Waals surface area contributed by atoms with Crippen LogP contribution in [0.15, 0.2) is 79.0 Å². The van der Waals surface area contributed by atoms with Gasteiger partial charge in [0.2, 0.25) is 0 Å². The van der Waals surface area contributed by atoms with E-state index in [1.54, 1.807) is 18.3 Å². The van der Waals surface area contributed by atoms with Gasteiger partial charge < -0.3 is 5.11 Å². The highest BCUT2D eigenvalue weighted by Crippen LogP contribution is 2.34. The Hall–Kier alpha value is -3.99. The Morgan fingerprint density at radius 1 is 1.00 bits per heavy atom. The fraction of sp³-hybridized carbons (Fsp3) is 0.0800. The molecule has 0 spiro atoms. The van der Waals surface area contributed by atoms with Crippen molar-refractivity contribution in [2.75, 3.05) is 0 Å². The van der Waals surface area contributed by atoms with Gasteiger partial charge in [-0.15, -0.1) is 0 Å². The molecule has 0 bridgehead atoms. The molecule has 5 nitrogen and oxygen atoms in total. The van der Waals surface area contributed by atoms with E-state index in [9.17, 15) is 4.79 Å². The highest BCUT2D eigenvalue weighted by atomic mass is 16.4. The average molecular weight is 397 g/mol. The Labute approximate surface area is 175 Å². The second-order valence-corrected chi connectivity index (χ2v) is 6.70. The highest BCUT2D eigenvalue weighted by Gasteiger charge is 2.13. The van der Waals surface area contributed by atoms with Gasteiger partial charge in [-0.25, -0.2) is 4.79 Å². The molecule has 3 N–H and O–H groups in total. The van der Waals surface area contributed by atoms with Crippen molar-refractivity contribution in [3.63, 3.8) is 0 Å². The summed E-state index contributed by atoms with van der Waals surface area (Å²) in [5.41, 5.74) is 6.18. The number of benzene rings is 2. The molecule has 0 radical (unpaired) electrons. The molecular weight excluding hydrogens is 374 g/mol. The van der Waals surface area contributed by atoms with Crippen molar-refractivity contribution in [2.45, 2.75) is 13.3 Å². The normalized spacial score (nSPS) is 11.9. The maximum atomic E-state index is 10.8. The van der Waals surface area contributed by atoms with Gasteiger partial charge in [0.15, 0.2) is 0 Å². The van der Waals surface area contributed by atoms with Gasteiger partial charge in [-0.2, -0.15) is 0 Å². The average Bonchev–Trinajstić information content (AvgIpc) is 2.77. The smallest absolute Gasteiger partial charge is 0.328 e. The number of aliphatic carboxylic acids is 1. The number of hydrogen-bond acceptors (Lipinski definition) is 3. The Bertz CT molecular complexity index is 1170. The van der Waals surface area contributed by atoms with Crippen LogP contribution in [0.4, 0.5) is 0 Å². The predicted molar refractivity (Wildman–Crippen MR) is 120 cm³/mol. The van der Waals surface area contributed by atoms with E-state index >= 15 is 0 Å². The Balaban J connectivity index is 2.21. The van der Waals surface area contributed by atoms with Crippen LogP contribution < -0.4 is 5.49 Å². The molecule has 3 rings (SSSR count). The molecule has 0 aliphatic heterocycles. The number of carboxylic acids is 1. The molecule has 30 heavy (non-hydrogen) atoms. The summed E-state index contributed by atoms with van der Waals surface area (Å²) in [7, 11) is 0. The lowest BCUT2D eigenvalue weighted by atomic mass is 9.88. The van der Waals surface area contributed by atoms with Crippen LogP contribution in [0.25, 0.3) is 17.2 Å². The highest BCUT2D eigenvalue weighted by molar-refractivity contribution is 5.98. The fourth-order valence-corrected chi connectivity index (χ4v) is 3.39. The molecule has 5 heteroatoms. The van der Waals surface area contributed by atoms with Crippen molar-refractivity contribution in [1.29, 1.82) is 10.8 Å². The van der Waals surface area contributed by atoms with Gasteiger partial charge in [-0.1, -0.05) is 61.5 Å². The summed E-state index contributed by atoms with van der Waals surface area (Å²) in [5, 5.41) is 24.5. The van der Waals surface area contributed by atoms with Gasteiger partial charge in [0, 0.05) is 12.3 Å². The molecule has 3 aromatic rings. The summed E-state index contributed by atoms with van der Waals surface area (Å²) in [6.07, 6.45) is 6.30. The number of nitrogens with one attached hydrogen (secondary N) is 2. The molecule has 150 valence electrons. The van der Waals surface area contributed by atoms with Crippen LogP contribution >= 0.6 is 0 Å². The van der Waals surface area contributed by atoms with Crippen molar-refractivity contribution in [3.05, 3.63) is 107 Å². The topological polar surface area (TPSA) is 89.9 Å². The number of carboxylic acid groups (broad SMARTS) is 1. The number of aromatic nitrogens is 1. The van der Waals surface area contributed by atoms with E-state index in [4.69, 9.17) is 15.9 Å². The summed E-state index contributed by atoms with van der Waals surface area (Å²) in [6, 6.07) is 21.5. The summed E-state index contributed by atoms with van der Waals surface area (Å²) in [5.74, 6) is -0.983. The first-order valence-electron chi connectivity index (χ1n) is 9.61. The Morgan fingerprint density at radius 3 is 2.27 bits per heavy atom. The standard InChI is InChI=1S/C25H23N3O2/c1-2-22(19-6-4-3-5-7-19)25(21-14-15-28(17-26)23(27)16-21)20-11-8-18(9-12-20)10-13-24(29)30/h3-17,26-27H,2H2,1H3,(H,29,30)/b13-10+,25-22+,26-17?,27-23?. The van der Waals surface area contributed by atoms with Crippen LogP contribution in [0.2, 0.25) is 0 Å². The third-order valence-electron chi connectivity index (χ3n) is 4.81. The van der Waals surface area contributed by atoms with E-state index in [2.05, 4.69) is 19.1 Å². The zero-order valence-electron chi connectivity index (χ0n) is 16.7. The summed E-state index contributed by atoms with van der Waals surface area (Å²) < 4.78 is 1.44. The fourth-order valence-electron chi connectivity index (χ4n) is 3.39. The van der Waals surface area contributed by atoms with Gasteiger partial charge in [0.05, 0.1) is 6.34 Å². The molecule has 1 aromatic heterocycles. The van der Waals surface area contributed by atoms with Crippen molar-refractivity contribution in [3.8, 4) is 0 Å². The third-order valence-corrected chi connectivity index (χ3v) is 4.81. The van der Waals surface area contributed by atoms with Crippen LogP contribution in [0.3, 0.4) is 0 Å². The van der Waals surface area contributed by atoms with E-state index in [1.165, 1.54) is 4.57 Å². The van der Waals surface area contributed by atoms with Gasteiger partial charge in [0.1, 0.15) is 5.49 Å². The first-order chi connectivity index (χ1) is 14.5. The van der Waals surface area contributed by atoms with E-state index < -0.39 is 5.97 Å². The number of hydrogen-bond donors (Lipinski definition) is 3. The Morgan fingerprint density at radius 2 is 1.70 bits per heavy atom. The van der Waals surface area contributed by atoms with Crippen LogP contribution in [0.1, 0.15) is 35.6 Å². The second-order valence-electron chi connectivity index (χ2n) is 6.70. The number of rotatable bonds is 7. The summed E-state index contributed by atoms with van der Waals surface area (Å²) in [6.45, 7) is 2.11. The largest absolute Gasteiger partial charge is 0.478 e. The first-order valence-corrected chi connectivity index (χ1v) is 9.61. The molecule has 1 heterocycles. The number of allylic oxidation sites excluding steroid dienone is 1. The van der Waals surface area contributed by atoms with Crippen molar-refractivity contribution in [2.24, 2.45) is 0 Å². The maximum absolute atomic E-state index is 10.8. The molecule has 0 atom stereocenters. The zero-order valence-corrected chi connectivity index (χ0v) is 16.7. The van der Waals surface area contributed by atoms with Gasteiger partial charge in [-0.3, -0.25) is 15.4 Å². The van der Waals surface area contributed by atoms with Crippen molar-refractivity contribution < 1.29 is 9.90 Å². The van der Waals surface area contributed by atoms with Gasteiger partial charge in [0.25, 0.3) is 0 Å². The molecule has 0 unspecified atom stereocenters. The SMILES string of the molecule is CC/C(=C(/c1ccc(/C=C/C(=O)O)cc1)c1ccn(C=N)c(=N)c1)c1ccccc1. The number of nitrogens with zero attached hydrogens (tertiary/aromatic N) is 1. The quantitative estimate of drug-likeness (QED) is 0.229. The lowest BCUT2D eigenvalue weighted by molar-refractivity contribution is -0.131. The maximum Gasteiger partial charge on any atom is 0.328 e. The lowest BCUT2D eigenvalue weighted by Gasteiger charge is -2.17. The monoisotopic (exact) mass is 397 g/mol. The van der Waals surface area contributed by atoms with Gasteiger partial charge in [-0.05, 0) is 58.0 Å². The predicted octanol–water partition coefficient (Wildman–Crippen LogP) is 4.89. The molecule has 0 fully saturated rings. The third kappa shape index (κ3) is 4.70. The molecule has 0 aliphatic carbocycles. The molecular formula is C25H23N3O2. The summed E-state index contributed by atoms with van der Waals surface area (Å²) in [4.78, 5) is 10.8. The minimum absolute atomic E-state index is 0.226. The molecule has 0 saturated carbocycles. The minimum atomic E-state index is -0.983. The lowest BCUT2D eigenvalue weighted by Crippen LogP contribution is -2.18. The van der Waals surface area contributed by atoms with E-state index in [-0.39, 0.29) is 5.49 Å². The van der Waals surface area contributed by atoms with Crippen molar-refractivity contribution >= 4 is 29.5 Å². The summed E-state index contributed by atoms with van der Waals surface area (Å²) >= 11 is 0. The first kappa shape index (κ1) is 20.7. The van der Waals surface area contributed by atoms with Crippen LogP contribution in [0.5, 0.6) is 0 Å². The van der Waals surface area contributed by atoms with Crippen LogP contribution in [-0.2, 0) is 4.79 Å². The van der Waals surface area contributed by atoms with Crippen molar-refractivity contribution in [1.82, 2.24) is 4.57 Å². The number of pyridine rings is 1. The van der Waals surface area contributed by atoms with E-state index in [0.29, 0.717) is 0 Å². The van der Waals surface area contributed by atoms with E-state index in [1.807, 2.05) is 48.5 Å². The Kier molecular flexibility index (Phi) is 6.55. The zero-order chi connectivity index (χ0) is 21.5. The molecule has 2 aromatic carbocycles. The second kappa shape index (κ2) is 9.47. The molecule has 0 amide bonds.